The number of nitrogens with two attached hydrogens (primary N) is 1. The van der Waals surface area contributed by atoms with Gasteiger partial charge in [0.2, 0.25) is 0 Å². The van der Waals surface area contributed by atoms with Crippen molar-refractivity contribution in [3.8, 4) is 0 Å². The Kier molecular flexibility index (Phi) is 6.26. The van der Waals surface area contributed by atoms with E-state index in [1.165, 1.54) is 38.5 Å². The van der Waals surface area contributed by atoms with Crippen LogP contribution in [0.25, 0.3) is 0 Å². The van der Waals surface area contributed by atoms with E-state index < -0.39 is 0 Å². The molecule has 2 heteroatoms. The quantitative estimate of drug-likeness (QED) is 0.736. The highest BCUT2D eigenvalue weighted by atomic mass is 16.5. The largest absolute Gasteiger partial charge is 0.377 e. The highest BCUT2D eigenvalue weighted by molar-refractivity contribution is 4.76. The maximum Gasteiger partial charge on any atom is 0.0623 e. The summed E-state index contributed by atoms with van der Waals surface area (Å²) in [4.78, 5) is 0. The number of ether oxygens (including phenoxy) is 1. The van der Waals surface area contributed by atoms with Crippen molar-refractivity contribution in [3.05, 3.63) is 0 Å². The third kappa shape index (κ3) is 4.98. The van der Waals surface area contributed by atoms with Gasteiger partial charge < -0.3 is 10.5 Å². The van der Waals surface area contributed by atoms with E-state index in [0.29, 0.717) is 12.0 Å². The fourth-order valence-corrected chi connectivity index (χ4v) is 2.46. The Labute approximate surface area is 94.6 Å². The van der Waals surface area contributed by atoms with Crippen molar-refractivity contribution < 1.29 is 4.74 Å². The monoisotopic (exact) mass is 213 g/mol. The minimum absolute atomic E-state index is 0.268. The zero-order chi connectivity index (χ0) is 11.1. The molecule has 90 valence electrons. The van der Waals surface area contributed by atoms with E-state index in [2.05, 4.69) is 13.8 Å². The predicted octanol–water partition coefficient (Wildman–Crippen LogP) is 3.10. The molecule has 2 unspecified atom stereocenters. The smallest absolute Gasteiger partial charge is 0.0623 e. The molecule has 2 nitrogen and oxygen atoms in total. The van der Waals surface area contributed by atoms with Crippen molar-refractivity contribution in [1.82, 2.24) is 0 Å². The lowest BCUT2D eigenvalue weighted by atomic mass is 9.84. The van der Waals surface area contributed by atoms with Crippen LogP contribution in [0.1, 0.15) is 58.8 Å². The normalized spacial score (nSPS) is 22.6. The molecule has 0 saturated heterocycles. The molecule has 2 N–H and O–H groups in total. The van der Waals surface area contributed by atoms with Gasteiger partial charge in [-0.3, -0.25) is 0 Å². The topological polar surface area (TPSA) is 35.2 Å². The summed E-state index contributed by atoms with van der Waals surface area (Å²) in [7, 11) is 0. The van der Waals surface area contributed by atoms with Crippen LogP contribution in [0, 0.1) is 5.92 Å². The summed E-state index contributed by atoms with van der Waals surface area (Å²) in [5, 5.41) is 0. The molecule has 0 heterocycles. The summed E-state index contributed by atoms with van der Waals surface area (Å²) < 4.78 is 5.77. The summed E-state index contributed by atoms with van der Waals surface area (Å²) in [6.45, 7) is 5.10. The van der Waals surface area contributed by atoms with Gasteiger partial charge in [0.25, 0.3) is 0 Å². The van der Waals surface area contributed by atoms with Crippen LogP contribution in [0.5, 0.6) is 0 Å². The third-order valence-electron chi connectivity index (χ3n) is 3.52. The molecule has 0 aliphatic heterocycles. The van der Waals surface area contributed by atoms with E-state index in [1.807, 2.05) is 0 Å². The lowest BCUT2D eigenvalue weighted by molar-refractivity contribution is 0.0370. The SMILES string of the molecule is CCCC(C)OCC(N)C1CCCCC1. The molecule has 0 spiro atoms. The summed E-state index contributed by atoms with van der Waals surface area (Å²) >= 11 is 0. The number of rotatable bonds is 6. The molecule has 0 radical (unpaired) electrons. The van der Waals surface area contributed by atoms with Crippen LogP contribution in [0.3, 0.4) is 0 Å². The first-order chi connectivity index (χ1) is 7.24. The van der Waals surface area contributed by atoms with Gasteiger partial charge >= 0.3 is 0 Å². The highest BCUT2D eigenvalue weighted by Gasteiger charge is 2.20. The van der Waals surface area contributed by atoms with Crippen molar-refractivity contribution >= 4 is 0 Å². The second-order valence-corrected chi connectivity index (χ2v) is 4.99. The Morgan fingerprint density at radius 1 is 1.27 bits per heavy atom. The van der Waals surface area contributed by atoms with Crippen LogP contribution in [-0.2, 0) is 4.74 Å². The summed E-state index contributed by atoms with van der Waals surface area (Å²) in [5.41, 5.74) is 6.17. The molecular formula is C13H27NO. The minimum atomic E-state index is 0.268. The van der Waals surface area contributed by atoms with Gasteiger partial charge in [0, 0.05) is 6.04 Å². The summed E-state index contributed by atoms with van der Waals surface area (Å²) in [6, 6.07) is 0.268. The Morgan fingerprint density at radius 2 is 1.93 bits per heavy atom. The predicted molar refractivity (Wildman–Crippen MR) is 64.9 cm³/mol. The molecule has 0 bridgehead atoms. The summed E-state index contributed by atoms with van der Waals surface area (Å²) in [6.07, 6.45) is 9.48. The van der Waals surface area contributed by atoms with E-state index in [9.17, 15) is 0 Å². The standard InChI is InChI=1S/C13H27NO/c1-3-7-11(2)15-10-13(14)12-8-5-4-6-9-12/h11-13H,3-10,14H2,1-2H3. The fraction of sp³-hybridized carbons (Fsp3) is 1.00. The molecule has 2 atom stereocenters. The average molecular weight is 213 g/mol. The van der Waals surface area contributed by atoms with E-state index in [0.717, 1.165) is 13.0 Å². The molecule has 0 amide bonds. The molecule has 0 aromatic rings. The van der Waals surface area contributed by atoms with E-state index in [-0.39, 0.29) is 6.04 Å². The zero-order valence-electron chi connectivity index (χ0n) is 10.4. The molecular weight excluding hydrogens is 186 g/mol. The minimum Gasteiger partial charge on any atom is -0.377 e. The van der Waals surface area contributed by atoms with Gasteiger partial charge in [-0.2, -0.15) is 0 Å². The van der Waals surface area contributed by atoms with Gasteiger partial charge in [-0.15, -0.1) is 0 Å². The number of hydrogen-bond donors (Lipinski definition) is 1. The zero-order valence-corrected chi connectivity index (χ0v) is 10.4. The molecule has 0 aromatic carbocycles. The molecule has 1 saturated carbocycles. The van der Waals surface area contributed by atoms with E-state index in [4.69, 9.17) is 10.5 Å². The van der Waals surface area contributed by atoms with Gasteiger partial charge in [-0.25, -0.2) is 0 Å². The van der Waals surface area contributed by atoms with Crippen molar-refractivity contribution in [2.75, 3.05) is 6.61 Å². The maximum absolute atomic E-state index is 6.17. The first-order valence-electron chi connectivity index (χ1n) is 6.61. The molecule has 1 aliphatic carbocycles. The van der Waals surface area contributed by atoms with Crippen molar-refractivity contribution in [3.63, 3.8) is 0 Å². The van der Waals surface area contributed by atoms with E-state index in [1.54, 1.807) is 0 Å². The van der Waals surface area contributed by atoms with Gasteiger partial charge in [0.1, 0.15) is 0 Å². The van der Waals surface area contributed by atoms with Crippen molar-refractivity contribution in [1.29, 1.82) is 0 Å². The van der Waals surface area contributed by atoms with Crippen LogP contribution in [0.2, 0.25) is 0 Å². The fourth-order valence-electron chi connectivity index (χ4n) is 2.46. The molecule has 15 heavy (non-hydrogen) atoms. The summed E-state index contributed by atoms with van der Waals surface area (Å²) in [5.74, 6) is 0.715. The van der Waals surface area contributed by atoms with Gasteiger partial charge in [-0.1, -0.05) is 32.6 Å². The second-order valence-electron chi connectivity index (χ2n) is 4.99. The Morgan fingerprint density at radius 3 is 2.53 bits per heavy atom. The Bertz CT molecular complexity index is 155. The molecule has 1 aliphatic rings. The lowest BCUT2D eigenvalue weighted by Crippen LogP contribution is -2.37. The first-order valence-corrected chi connectivity index (χ1v) is 6.61. The van der Waals surface area contributed by atoms with Crippen LogP contribution in [0.4, 0.5) is 0 Å². The van der Waals surface area contributed by atoms with Crippen LogP contribution >= 0.6 is 0 Å². The van der Waals surface area contributed by atoms with Gasteiger partial charge in [-0.05, 0) is 32.1 Å². The van der Waals surface area contributed by atoms with E-state index >= 15 is 0 Å². The number of hydrogen-bond acceptors (Lipinski definition) is 2. The molecule has 1 rings (SSSR count). The second kappa shape index (κ2) is 7.24. The molecule has 0 aromatic heterocycles. The third-order valence-corrected chi connectivity index (χ3v) is 3.52. The van der Waals surface area contributed by atoms with Crippen molar-refractivity contribution in [2.24, 2.45) is 11.7 Å². The maximum atomic E-state index is 6.17. The Balaban J connectivity index is 2.13. The van der Waals surface area contributed by atoms with Crippen molar-refractivity contribution in [2.45, 2.75) is 70.9 Å². The van der Waals surface area contributed by atoms with Crippen LogP contribution in [-0.4, -0.2) is 18.8 Å². The first kappa shape index (κ1) is 13.0. The lowest BCUT2D eigenvalue weighted by Gasteiger charge is -2.28. The average Bonchev–Trinajstić information content (AvgIpc) is 2.27. The van der Waals surface area contributed by atoms with Crippen LogP contribution in [0.15, 0.2) is 0 Å². The molecule has 1 fully saturated rings. The van der Waals surface area contributed by atoms with Gasteiger partial charge in [0.15, 0.2) is 0 Å². The van der Waals surface area contributed by atoms with Crippen LogP contribution < -0.4 is 5.73 Å². The Hall–Kier alpha value is -0.0800. The van der Waals surface area contributed by atoms with Gasteiger partial charge in [0.05, 0.1) is 12.7 Å². The highest BCUT2D eigenvalue weighted by Crippen LogP contribution is 2.25.